The molecular weight excluding hydrogens is 864 g/mol. The summed E-state index contributed by atoms with van der Waals surface area (Å²) in [5.74, 6) is 0. The molecule has 0 bridgehead atoms. The fourth-order valence-electron chi connectivity index (χ4n) is 12.8. The van der Waals surface area contributed by atoms with Gasteiger partial charge in [0.15, 0.2) is 0 Å². The highest BCUT2D eigenvalue weighted by atomic mass is 32.1. The number of hydrogen-bond donors (Lipinski definition) is 0. The Hall–Kier alpha value is -5.06. The third-order valence-corrected chi connectivity index (χ3v) is 18.8. The fraction of sp³-hybridized carbons (Fsp3) is 0.424. The van der Waals surface area contributed by atoms with Gasteiger partial charge in [0.25, 0.3) is 6.71 Å². The Morgan fingerprint density at radius 1 is 0.443 bits per heavy atom. The minimum atomic E-state index is -0.119. The maximum absolute atomic E-state index is 2.75. The van der Waals surface area contributed by atoms with Crippen molar-refractivity contribution < 1.29 is 0 Å². The molecule has 0 saturated carbocycles. The summed E-state index contributed by atoms with van der Waals surface area (Å²) in [5, 5.41) is 2.80. The molecule has 2 nitrogen and oxygen atoms in total. The van der Waals surface area contributed by atoms with E-state index in [9.17, 15) is 0 Å². The van der Waals surface area contributed by atoms with Gasteiger partial charge in [-0.1, -0.05) is 172 Å². The molecular formula is C66H77BN2S. The summed E-state index contributed by atoms with van der Waals surface area (Å²) in [6.45, 7) is 41.2. The number of hydrogen-bond acceptors (Lipinski definition) is 3. The van der Waals surface area contributed by atoms with Gasteiger partial charge in [-0.15, -0.1) is 11.3 Å². The molecule has 11 rings (SSSR count). The SMILES string of the molecule is CC(C)(C)c1ccc2c(c1)B1c3c(cc(C(C)(C)C)cc3N(c3ccc4c(c3)C(C)(C)CCC4(C)C)c3sc4cc5c(cc4c31)C(C)(C)CCC5(C)C)N2c1ccc(C(C)(C)C)cc1-c1ccccc1. The predicted molar refractivity (Wildman–Crippen MR) is 308 cm³/mol. The molecule has 6 aromatic carbocycles. The standard InChI is InChI=1S/C66H77BN2S/c1-60(2,3)41-23-27-52(45(33-41)40-21-19-18-20-22-40)69-53-28-24-42(61(4,5)6)34-51(53)67-57-46-38-49-50(66(16,17)32-31-65(49,14)15)39-56(46)70-59(57)68(54-35-43(62(7,8)9)36-55(69)58(54)67)44-25-26-47-48(37-44)64(12,13)30-29-63(47,10)11/h18-28,33-39H,29-32H2,1-17H3. The van der Waals surface area contributed by atoms with E-state index in [1.54, 1.807) is 0 Å². The van der Waals surface area contributed by atoms with Crippen molar-refractivity contribution in [3.63, 3.8) is 0 Å². The van der Waals surface area contributed by atoms with Gasteiger partial charge in [-0.25, -0.2) is 0 Å². The first kappa shape index (κ1) is 47.3. The second-order valence-electron chi connectivity index (χ2n) is 27.6. The van der Waals surface area contributed by atoms with E-state index >= 15 is 0 Å². The Kier molecular flexibility index (Phi) is 10.3. The lowest BCUT2D eigenvalue weighted by Crippen LogP contribution is -2.61. The molecule has 70 heavy (non-hydrogen) atoms. The van der Waals surface area contributed by atoms with Gasteiger partial charge in [0.2, 0.25) is 0 Å². The lowest BCUT2D eigenvalue weighted by atomic mass is 9.33. The maximum atomic E-state index is 2.75. The Morgan fingerprint density at radius 2 is 0.957 bits per heavy atom. The molecule has 0 unspecified atom stereocenters. The Balaban J connectivity index is 1.31. The van der Waals surface area contributed by atoms with Crippen molar-refractivity contribution in [3.05, 3.63) is 148 Å². The third-order valence-electron chi connectivity index (χ3n) is 17.7. The molecule has 360 valence electrons. The minimum Gasteiger partial charge on any atom is -0.311 e. The van der Waals surface area contributed by atoms with Gasteiger partial charge < -0.3 is 9.80 Å². The summed E-state index contributed by atoms with van der Waals surface area (Å²) in [6.07, 6.45) is 4.77. The molecule has 0 fully saturated rings. The summed E-state index contributed by atoms with van der Waals surface area (Å²) >= 11 is 2.04. The van der Waals surface area contributed by atoms with E-state index in [4.69, 9.17) is 0 Å². The Morgan fingerprint density at radius 3 is 1.54 bits per heavy atom. The van der Waals surface area contributed by atoms with Crippen molar-refractivity contribution in [1.29, 1.82) is 0 Å². The van der Waals surface area contributed by atoms with Crippen LogP contribution in [0.15, 0.2) is 109 Å². The van der Waals surface area contributed by atoms with E-state index in [1.165, 1.54) is 136 Å². The molecule has 0 radical (unpaired) electrons. The molecule has 0 atom stereocenters. The van der Waals surface area contributed by atoms with Gasteiger partial charge in [0.1, 0.15) is 0 Å². The summed E-state index contributed by atoms with van der Waals surface area (Å²) < 4.78 is 1.41. The Bertz CT molecular complexity index is 3280. The molecule has 2 aliphatic heterocycles. The lowest BCUT2D eigenvalue weighted by Gasteiger charge is -2.46. The highest BCUT2D eigenvalue weighted by Crippen LogP contribution is 2.55. The van der Waals surface area contributed by atoms with Crippen molar-refractivity contribution in [3.8, 4) is 11.1 Å². The summed E-state index contributed by atoms with van der Waals surface area (Å²) in [6, 6.07) is 44.1. The number of anilines is 6. The van der Waals surface area contributed by atoms with Crippen LogP contribution in [-0.4, -0.2) is 6.71 Å². The van der Waals surface area contributed by atoms with Gasteiger partial charge in [-0.3, -0.25) is 0 Å². The first-order valence-corrected chi connectivity index (χ1v) is 27.3. The molecule has 4 heteroatoms. The molecule has 7 aromatic rings. The summed E-state index contributed by atoms with van der Waals surface area (Å²) in [4.78, 5) is 5.43. The highest BCUT2D eigenvalue weighted by Gasteiger charge is 2.48. The molecule has 0 saturated heterocycles. The van der Waals surface area contributed by atoms with Crippen molar-refractivity contribution in [1.82, 2.24) is 0 Å². The van der Waals surface area contributed by atoms with Crippen LogP contribution in [0.5, 0.6) is 0 Å². The molecule has 4 aliphatic rings. The number of fused-ring (bicyclic) bond motifs is 8. The fourth-order valence-corrected chi connectivity index (χ4v) is 14.1. The average molecular weight is 941 g/mol. The molecule has 0 amide bonds. The Labute approximate surface area is 426 Å². The zero-order valence-corrected chi connectivity index (χ0v) is 46.4. The molecule has 0 N–H and O–H groups in total. The predicted octanol–water partition coefficient (Wildman–Crippen LogP) is 17.2. The normalized spacial score (nSPS) is 18.5. The van der Waals surface area contributed by atoms with E-state index in [0.29, 0.717) is 0 Å². The van der Waals surface area contributed by atoms with Crippen LogP contribution in [-0.2, 0) is 37.9 Å². The molecule has 1 aromatic heterocycles. The number of nitrogens with zero attached hydrogens (tertiary/aromatic N) is 2. The molecule has 3 heterocycles. The van der Waals surface area contributed by atoms with Crippen LogP contribution >= 0.6 is 11.3 Å². The van der Waals surface area contributed by atoms with Crippen LogP contribution in [0.2, 0.25) is 0 Å². The van der Waals surface area contributed by atoms with Crippen LogP contribution in [0, 0.1) is 0 Å². The summed E-state index contributed by atoms with van der Waals surface area (Å²) in [7, 11) is 0. The zero-order valence-electron chi connectivity index (χ0n) is 45.6. The second kappa shape index (κ2) is 15.2. The molecule has 2 aliphatic carbocycles. The van der Waals surface area contributed by atoms with Gasteiger partial charge in [-0.2, -0.15) is 0 Å². The van der Waals surface area contributed by atoms with Crippen LogP contribution in [0.25, 0.3) is 21.2 Å². The first-order chi connectivity index (χ1) is 32.6. The van der Waals surface area contributed by atoms with Crippen LogP contribution in [0.3, 0.4) is 0 Å². The van der Waals surface area contributed by atoms with E-state index in [1.807, 2.05) is 11.3 Å². The van der Waals surface area contributed by atoms with E-state index < -0.39 is 0 Å². The van der Waals surface area contributed by atoms with Gasteiger partial charge in [-0.05, 0) is 184 Å². The van der Waals surface area contributed by atoms with Gasteiger partial charge in [0, 0.05) is 33.0 Å². The zero-order chi connectivity index (χ0) is 50.0. The number of thiophene rings is 1. The van der Waals surface area contributed by atoms with Crippen molar-refractivity contribution in [2.45, 2.75) is 181 Å². The number of rotatable bonds is 3. The van der Waals surface area contributed by atoms with E-state index in [0.717, 1.165) is 0 Å². The topological polar surface area (TPSA) is 6.48 Å². The maximum Gasteiger partial charge on any atom is 0.254 e. The first-order valence-electron chi connectivity index (χ1n) is 26.5. The van der Waals surface area contributed by atoms with Crippen LogP contribution < -0.4 is 26.2 Å². The van der Waals surface area contributed by atoms with Crippen molar-refractivity contribution in [2.75, 3.05) is 9.80 Å². The highest BCUT2D eigenvalue weighted by molar-refractivity contribution is 7.26. The van der Waals surface area contributed by atoms with Gasteiger partial charge in [0.05, 0.1) is 10.7 Å². The third kappa shape index (κ3) is 7.30. The minimum absolute atomic E-state index is 0.0155. The quantitative estimate of drug-likeness (QED) is 0.163. The van der Waals surface area contributed by atoms with Crippen molar-refractivity contribution >= 4 is 78.0 Å². The van der Waals surface area contributed by atoms with E-state index in [-0.39, 0.29) is 44.6 Å². The molecule has 0 spiro atoms. The van der Waals surface area contributed by atoms with Crippen LogP contribution in [0.4, 0.5) is 33.4 Å². The average Bonchev–Trinajstić information content (AvgIpc) is 3.66. The van der Waals surface area contributed by atoms with Gasteiger partial charge >= 0.3 is 0 Å². The van der Waals surface area contributed by atoms with E-state index in [2.05, 4.69) is 237 Å². The van der Waals surface area contributed by atoms with Crippen molar-refractivity contribution in [2.24, 2.45) is 0 Å². The second-order valence-corrected chi connectivity index (χ2v) is 28.7. The monoisotopic (exact) mass is 941 g/mol. The lowest BCUT2D eigenvalue weighted by molar-refractivity contribution is 0.332. The summed E-state index contributed by atoms with van der Waals surface area (Å²) in [5.41, 5.74) is 23.5. The smallest absolute Gasteiger partial charge is 0.254 e. The number of benzene rings is 6. The largest absolute Gasteiger partial charge is 0.311 e. The van der Waals surface area contributed by atoms with Crippen LogP contribution in [0.1, 0.15) is 182 Å².